The zero-order valence-corrected chi connectivity index (χ0v) is 9.71. The summed E-state index contributed by atoms with van der Waals surface area (Å²) in [6.07, 6.45) is 0. The van der Waals surface area contributed by atoms with Crippen LogP contribution in [0.15, 0.2) is 18.2 Å². The van der Waals surface area contributed by atoms with E-state index in [0.717, 1.165) is 6.07 Å². The highest BCUT2D eigenvalue weighted by atomic mass is 35.5. The number of nitrogens with zero attached hydrogens (tertiary/aromatic N) is 1. The number of hydrogen-bond donors (Lipinski definition) is 1. The lowest BCUT2D eigenvalue weighted by Crippen LogP contribution is -2.34. The van der Waals surface area contributed by atoms with E-state index in [1.165, 1.54) is 12.1 Å². The van der Waals surface area contributed by atoms with E-state index < -0.39 is 16.4 Å². The van der Waals surface area contributed by atoms with E-state index in [0.29, 0.717) is 25.3 Å². The molecule has 1 aromatic rings. The average molecular weight is 263 g/mol. The summed E-state index contributed by atoms with van der Waals surface area (Å²) < 4.78 is 18.3. The number of benzene rings is 1. The van der Waals surface area contributed by atoms with Crippen LogP contribution in [0, 0.1) is 15.9 Å². The molecule has 0 amide bonds. The Hall–Kier alpha value is -1.24. The van der Waals surface area contributed by atoms with Crippen molar-refractivity contribution in [2.24, 2.45) is 0 Å². The van der Waals surface area contributed by atoms with Crippen LogP contribution in [0.5, 0.6) is 0 Å². The van der Waals surface area contributed by atoms with E-state index >= 15 is 0 Å². The van der Waals surface area contributed by atoms with Crippen molar-refractivity contribution in [1.82, 2.24) is 5.32 Å². The van der Waals surface area contributed by atoms with Gasteiger partial charge in [-0.2, -0.15) is 4.39 Å². The minimum atomic E-state index is -0.814. The number of morpholine rings is 1. The topological polar surface area (TPSA) is 64.4 Å². The average Bonchev–Trinajstić information content (AvgIpc) is 2.30. The second kappa shape index (κ2) is 5.90. The molecular formula is C10H12ClFN2O3. The molecule has 1 atom stereocenters. The predicted octanol–water partition coefficient (Wildman–Crippen LogP) is 1.82. The smallest absolute Gasteiger partial charge is 0.305 e. The monoisotopic (exact) mass is 262 g/mol. The Morgan fingerprint density at radius 1 is 1.53 bits per heavy atom. The Morgan fingerprint density at radius 2 is 2.29 bits per heavy atom. The predicted molar refractivity (Wildman–Crippen MR) is 61.9 cm³/mol. The van der Waals surface area contributed by atoms with Gasteiger partial charge in [0.2, 0.25) is 5.82 Å². The molecule has 1 saturated heterocycles. The van der Waals surface area contributed by atoms with E-state index in [1.807, 2.05) is 0 Å². The maximum absolute atomic E-state index is 13.1. The van der Waals surface area contributed by atoms with Crippen LogP contribution >= 0.6 is 12.4 Å². The molecule has 0 aromatic heterocycles. The Balaban J connectivity index is 0.00000144. The SMILES string of the molecule is Cl.O=[N+]([O-])c1cc([C@H]2COCCN2)ccc1F. The number of rotatable bonds is 2. The van der Waals surface area contributed by atoms with Gasteiger partial charge < -0.3 is 10.1 Å². The molecule has 94 valence electrons. The van der Waals surface area contributed by atoms with Crippen LogP contribution in [0.4, 0.5) is 10.1 Å². The summed E-state index contributed by atoms with van der Waals surface area (Å²) in [4.78, 5) is 9.85. The van der Waals surface area contributed by atoms with Gasteiger partial charge in [0.05, 0.1) is 24.2 Å². The normalized spacial score (nSPS) is 19.5. The molecule has 0 radical (unpaired) electrons. The van der Waals surface area contributed by atoms with Gasteiger partial charge in [-0.15, -0.1) is 12.4 Å². The molecule has 1 fully saturated rings. The van der Waals surface area contributed by atoms with Crippen molar-refractivity contribution in [3.8, 4) is 0 Å². The largest absolute Gasteiger partial charge is 0.378 e. The third-order valence-corrected chi connectivity index (χ3v) is 2.49. The molecule has 1 N–H and O–H groups in total. The molecule has 0 bridgehead atoms. The first-order chi connectivity index (χ1) is 7.68. The summed E-state index contributed by atoms with van der Waals surface area (Å²) in [5, 5.41) is 13.7. The summed E-state index contributed by atoms with van der Waals surface area (Å²) in [5.41, 5.74) is 0.178. The summed E-state index contributed by atoms with van der Waals surface area (Å²) in [6.45, 7) is 1.76. The molecule has 0 aliphatic carbocycles. The zero-order valence-electron chi connectivity index (χ0n) is 8.89. The quantitative estimate of drug-likeness (QED) is 0.652. The lowest BCUT2D eigenvalue weighted by molar-refractivity contribution is -0.387. The van der Waals surface area contributed by atoms with Crippen LogP contribution in [0.3, 0.4) is 0 Å². The Labute approximate surface area is 104 Å². The molecule has 7 heteroatoms. The van der Waals surface area contributed by atoms with Crippen LogP contribution in [0.2, 0.25) is 0 Å². The first-order valence-corrected chi connectivity index (χ1v) is 4.93. The van der Waals surface area contributed by atoms with Crippen LogP contribution in [-0.4, -0.2) is 24.7 Å². The maximum Gasteiger partial charge on any atom is 0.305 e. The van der Waals surface area contributed by atoms with Gasteiger partial charge in [0.1, 0.15) is 0 Å². The molecule has 1 aromatic carbocycles. The molecule has 0 unspecified atom stereocenters. The number of nitrogens with one attached hydrogen (secondary N) is 1. The van der Waals surface area contributed by atoms with Gasteiger partial charge in [-0.05, 0) is 11.6 Å². The van der Waals surface area contributed by atoms with Gasteiger partial charge >= 0.3 is 5.69 Å². The highest BCUT2D eigenvalue weighted by Gasteiger charge is 2.20. The van der Waals surface area contributed by atoms with Crippen molar-refractivity contribution in [1.29, 1.82) is 0 Å². The molecule has 1 aliphatic rings. The van der Waals surface area contributed by atoms with Crippen LogP contribution in [-0.2, 0) is 4.74 Å². The Morgan fingerprint density at radius 3 is 2.88 bits per heavy atom. The van der Waals surface area contributed by atoms with E-state index in [-0.39, 0.29) is 18.4 Å². The van der Waals surface area contributed by atoms with Gasteiger partial charge in [-0.1, -0.05) is 6.07 Å². The van der Waals surface area contributed by atoms with Crippen molar-refractivity contribution in [3.63, 3.8) is 0 Å². The first-order valence-electron chi connectivity index (χ1n) is 4.93. The van der Waals surface area contributed by atoms with Gasteiger partial charge in [-0.25, -0.2) is 0 Å². The van der Waals surface area contributed by atoms with E-state index in [1.54, 1.807) is 0 Å². The Bertz CT molecular complexity index is 411. The van der Waals surface area contributed by atoms with Gasteiger partial charge in [0.25, 0.3) is 0 Å². The summed E-state index contributed by atoms with van der Waals surface area (Å²) >= 11 is 0. The third-order valence-electron chi connectivity index (χ3n) is 2.49. The number of halogens is 2. The number of nitro groups is 1. The van der Waals surface area contributed by atoms with Crippen LogP contribution in [0.25, 0.3) is 0 Å². The number of hydrogen-bond acceptors (Lipinski definition) is 4. The van der Waals surface area contributed by atoms with Crippen molar-refractivity contribution in [2.75, 3.05) is 19.8 Å². The van der Waals surface area contributed by atoms with Crippen molar-refractivity contribution in [2.45, 2.75) is 6.04 Å². The van der Waals surface area contributed by atoms with Crippen LogP contribution < -0.4 is 5.32 Å². The minimum Gasteiger partial charge on any atom is -0.378 e. The molecule has 0 spiro atoms. The van der Waals surface area contributed by atoms with Gasteiger partial charge in [0, 0.05) is 12.6 Å². The van der Waals surface area contributed by atoms with E-state index in [4.69, 9.17) is 4.74 Å². The van der Waals surface area contributed by atoms with Crippen LogP contribution in [0.1, 0.15) is 11.6 Å². The van der Waals surface area contributed by atoms with E-state index in [2.05, 4.69) is 5.32 Å². The molecule has 0 saturated carbocycles. The first kappa shape index (κ1) is 13.8. The summed E-state index contributed by atoms with van der Waals surface area (Å²) in [6, 6.07) is 3.80. The second-order valence-corrected chi connectivity index (χ2v) is 3.55. The summed E-state index contributed by atoms with van der Waals surface area (Å²) in [5.74, 6) is -0.814. The standard InChI is InChI=1S/C10H11FN2O3.ClH/c11-8-2-1-7(5-10(8)13(14)15)9-6-16-4-3-12-9;/h1-2,5,9,12H,3-4,6H2;1H/t9-;/m1./s1. The molecule has 17 heavy (non-hydrogen) atoms. The van der Waals surface area contributed by atoms with Crippen molar-refractivity contribution < 1.29 is 14.1 Å². The molecule has 5 nitrogen and oxygen atoms in total. The molecule has 2 rings (SSSR count). The van der Waals surface area contributed by atoms with Gasteiger partial charge in [-0.3, -0.25) is 10.1 Å². The fraction of sp³-hybridized carbons (Fsp3) is 0.400. The summed E-state index contributed by atoms with van der Waals surface area (Å²) in [7, 11) is 0. The maximum atomic E-state index is 13.1. The lowest BCUT2D eigenvalue weighted by Gasteiger charge is -2.23. The highest BCUT2D eigenvalue weighted by molar-refractivity contribution is 5.85. The molecular weight excluding hydrogens is 251 g/mol. The third kappa shape index (κ3) is 3.12. The van der Waals surface area contributed by atoms with E-state index in [9.17, 15) is 14.5 Å². The van der Waals surface area contributed by atoms with Crippen molar-refractivity contribution >= 4 is 18.1 Å². The molecule has 1 aliphatic heterocycles. The molecule has 1 heterocycles. The number of nitro benzene ring substituents is 1. The highest BCUT2D eigenvalue weighted by Crippen LogP contribution is 2.23. The second-order valence-electron chi connectivity index (χ2n) is 3.55. The van der Waals surface area contributed by atoms with Crippen molar-refractivity contribution in [3.05, 3.63) is 39.7 Å². The fourth-order valence-corrected chi connectivity index (χ4v) is 1.67. The minimum absolute atomic E-state index is 0. The van der Waals surface area contributed by atoms with Gasteiger partial charge in [0.15, 0.2) is 0 Å². The number of ether oxygens (including phenoxy) is 1. The fourth-order valence-electron chi connectivity index (χ4n) is 1.67. The Kier molecular flexibility index (Phi) is 4.80. The zero-order chi connectivity index (χ0) is 11.5. The lowest BCUT2D eigenvalue weighted by atomic mass is 10.1.